The first-order chi connectivity index (χ1) is 9.01. The van der Waals surface area contributed by atoms with E-state index < -0.39 is 10.2 Å². The van der Waals surface area contributed by atoms with Gasteiger partial charge < -0.3 is 0 Å². The molecular weight excluding hydrogens is 280 g/mol. The predicted molar refractivity (Wildman–Crippen MR) is 79.6 cm³/mol. The van der Waals surface area contributed by atoms with Crippen molar-refractivity contribution < 1.29 is 8.42 Å². The molecular formula is C13H16N2O2S2. The molecule has 1 aromatic carbocycles. The maximum atomic E-state index is 12.4. The van der Waals surface area contributed by atoms with Crippen molar-refractivity contribution in [3.63, 3.8) is 0 Å². The molecule has 0 aliphatic carbocycles. The Morgan fingerprint density at radius 3 is 2.32 bits per heavy atom. The average Bonchev–Trinajstić information content (AvgIpc) is 2.89. The summed E-state index contributed by atoms with van der Waals surface area (Å²) in [7, 11) is -0.416. The number of thiophene rings is 1. The lowest BCUT2D eigenvalue weighted by atomic mass is 10.3. The summed E-state index contributed by atoms with van der Waals surface area (Å²) >= 11 is 1.56. The molecule has 19 heavy (non-hydrogen) atoms. The molecule has 0 unspecified atom stereocenters. The van der Waals surface area contributed by atoms with Crippen LogP contribution in [0.5, 0.6) is 0 Å². The van der Waals surface area contributed by atoms with Gasteiger partial charge in [0.1, 0.15) is 0 Å². The fourth-order valence-electron chi connectivity index (χ4n) is 1.65. The molecule has 0 saturated carbocycles. The van der Waals surface area contributed by atoms with Crippen LogP contribution in [0.4, 0.5) is 5.69 Å². The third-order valence-electron chi connectivity index (χ3n) is 2.69. The molecule has 0 amide bonds. The molecule has 0 bridgehead atoms. The number of hydrogen-bond acceptors (Lipinski definition) is 3. The topological polar surface area (TPSA) is 40.6 Å². The second-order valence-electron chi connectivity index (χ2n) is 4.26. The van der Waals surface area contributed by atoms with Crippen LogP contribution in [0.1, 0.15) is 5.56 Å². The molecule has 2 aromatic rings. The molecule has 0 atom stereocenters. The summed E-state index contributed by atoms with van der Waals surface area (Å²) < 4.78 is 27.5. The maximum absolute atomic E-state index is 12.4. The van der Waals surface area contributed by atoms with Gasteiger partial charge in [0.2, 0.25) is 0 Å². The first-order valence-electron chi connectivity index (χ1n) is 5.78. The Morgan fingerprint density at radius 1 is 1.11 bits per heavy atom. The van der Waals surface area contributed by atoms with Crippen molar-refractivity contribution in [3.8, 4) is 0 Å². The first kappa shape index (κ1) is 14.0. The fourth-order valence-corrected chi connectivity index (χ4v) is 3.40. The lowest BCUT2D eigenvalue weighted by Crippen LogP contribution is -2.39. The van der Waals surface area contributed by atoms with Crippen molar-refractivity contribution >= 4 is 27.2 Å². The van der Waals surface area contributed by atoms with Gasteiger partial charge in [-0.15, -0.1) is 0 Å². The van der Waals surface area contributed by atoms with Gasteiger partial charge in [0.05, 0.1) is 12.2 Å². The highest BCUT2D eigenvalue weighted by Crippen LogP contribution is 2.22. The minimum Gasteiger partial charge on any atom is -0.253 e. The molecule has 6 heteroatoms. The van der Waals surface area contributed by atoms with Gasteiger partial charge in [0, 0.05) is 14.1 Å². The van der Waals surface area contributed by atoms with Crippen molar-refractivity contribution in [3.05, 3.63) is 52.7 Å². The van der Waals surface area contributed by atoms with Crippen LogP contribution in [0.25, 0.3) is 0 Å². The Balaban J connectivity index is 2.40. The Labute approximate surface area is 118 Å². The van der Waals surface area contributed by atoms with Crippen molar-refractivity contribution in [2.45, 2.75) is 6.54 Å². The van der Waals surface area contributed by atoms with E-state index in [2.05, 4.69) is 0 Å². The summed E-state index contributed by atoms with van der Waals surface area (Å²) in [4.78, 5) is 0. The molecule has 4 nitrogen and oxygen atoms in total. The summed E-state index contributed by atoms with van der Waals surface area (Å²) in [6.45, 7) is 0.341. The van der Waals surface area contributed by atoms with Crippen LogP contribution in [0, 0.1) is 0 Å². The predicted octanol–water partition coefficient (Wildman–Crippen LogP) is 2.56. The summed E-state index contributed by atoms with van der Waals surface area (Å²) in [5.74, 6) is 0. The lowest BCUT2D eigenvalue weighted by molar-refractivity contribution is 0.515. The Morgan fingerprint density at radius 2 is 1.79 bits per heavy atom. The highest BCUT2D eigenvalue weighted by Gasteiger charge is 2.25. The van der Waals surface area contributed by atoms with Gasteiger partial charge >= 0.3 is 10.2 Å². The molecule has 1 aromatic heterocycles. The fraction of sp³-hybridized carbons (Fsp3) is 0.231. The van der Waals surface area contributed by atoms with Gasteiger partial charge in [-0.25, -0.2) is 0 Å². The van der Waals surface area contributed by atoms with Crippen LogP contribution >= 0.6 is 11.3 Å². The van der Waals surface area contributed by atoms with E-state index in [1.165, 1.54) is 8.61 Å². The van der Waals surface area contributed by atoms with Gasteiger partial charge in [-0.3, -0.25) is 4.31 Å². The van der Waals surface area contributed by atoms with Crippen LogP contribution in [0.3, 0.4) is 0 Å². The Bertz CT molecular complexity index is 607. The maximum Gasteiger partial charge on any atom is 0.303 e. The van der Waals surface area contributed by atoms with E-state index in [0.29, 0.717) is 12.2 Å². The largest absolute Gasteiger partial charge is 0.303 e. The molecule has 0 saturated heterocycles. The molecule has 0 aliphatic rings. The Hall–Kier alpha value is -1.37. The summed E-state index contributed by atoms with van der Waals surface area (Å²) in [6.07, 6.45) is 0. The van der Waals surface area contributed by atoms with E-state index >= 15 is 0 Å². The van der Waals surface area contributed by atoms with Gasteiger partial charge in [-0.2, -0.15) is 24.1 Å². The Kier molecular flexibility index (Phi) is 4.24. The van der Waals surface area contributed by atoms with Crippen LogP contribution in [0.2, 0.25) is 0 Å². The number of rotatable bonds is 5. The van der Waals surface area contributed by atoms with Crippen molar-refractivity contribution in [2.24, 2.45) is 0 Å². The highest BCUT2D eigenvalue weighted by molar-refractivity contribution is 7.90. The van der Waals surface area contributed by atoms with E-state index in [4.69, 9.17) is 0 Å². The SMILES string of the molecule is CN(C)S(=O)(=O)N(Cc1ccsc1)c1ccccc1. The van der Waals surface area contributed by atoms with Gasteiger partial charge in [-0.05, 0) is 34.5 Å². The minimum absolute atomic E-state index is 0.341. The molecule has 0 fully saturated rings. The number of anilines is 1. The zero-order valence-corrected chi connectivity index (χ0v) is 12.5. The van der Waals surface area contributed by atoms with E-state index in [9.17, 15) is 8.42 Å². The average molecular weight is 296 g/mol. The van der Waals surface area contributed by atoms with Crippen LogP contribution in [0.15, 0.2) is 47.2 Å². The van der Waals surface area contributed by atoms with Crippen molar-refractivity contribution in [1.82, 2.24) is 4.31 Å². The standard InChI is InChI=1S/C13H16N2O2S2/c1-14(2)19(16,17)15(10-12-8-9-18-11-12)13-6-4-3-5-7-13/h3-9,11H,10H2,1-2H3. The number of nitrogens with zero attached hydrogens (tertiary/aromatic N) is 2. The first-order valence-corrected chi connectivity index (χ1v) is 8.12. The van der Waals surface area contributed by atoms with Crippen LogP contribution in [-0.2, 0) is 16.8 Å². The van der Waals surface area contributed by atoms with Crippen LogP contribution in [-0.4, -0.2) is 26.8 Å². The molecule has 1 heterocycles. The van der Waals surface area contributed by atoms with E-state index in [1.54, 1.807) is 37.6 Å². The lowest BCUT2D eigenvalue weighted by Gasteiger charge is -2.27. The molecule has 0 N–H and O–H groups in total. The zero-order valence-electron chi connectivity index (χ0n) is 10.9. The number of hydrogen-bond donors (Lipinski definition) is 0. The molecule has 102 valence electrons. The van der Waals surface area contributed by atoms with Gasteiger partial charge in [-0.1, -0.05) is 18.2 Å². The summed E-state index contributed by atoms with van der Waals surface area (Å²) in [5.41, 5.74) is 1.65. The van der Waals surface area contributed by atoms with Crippen molar-refractivity contribution in [1.29, 1.82) is 0 Å². The molecule has 0 aliphatic heterocycles. The highest BCUT2D eigenvalue weighted by atomic mass is 32.2. The molecule has 0 spiro atoms. The third-order valence-corrected chi connectivity index (χ3v) is 5.24. The molecule has 0 radical (unpaired) electrons. The zero-order chi connectivity index (χ0) is 13.9. The van der Waals surface area contributed by atoms with E-state index in [1.807, 2.05) is 35.0 Å². The monoisotopic (exact) mass is 296 g/mol. The number of benzene rings is 1. The quantitative estimate of drug-likeness (QED) is 0.851. The van der Waals surface area contributed by atoms with Gasteiger partial charge in [0.25, 0.3) is 0 Å². The smallest absolute Gasteiger partial charge is 0.253 e. The van der Waals surface area contributed by atoms with Gasteiger partial charge in [0.15, 0.2) is 0 Å². The summed E-state index contributed by atoms with van der Waals surface area (Å²) in [6, 6.07) is 11.1. The second kappa shape index (κ2) is 5.73. The van der Waals surface area contributed by atoms with Crippen molar-refractivity contribution in [2.75, 3.05) is 18.4 Å². The van der Waals surface area contributed by atoms with E-state index in [-0.39, 0.29) is 0 Å². The third kappa shape index (κ3) is 3.15. The normalized spacial score (nSPS) is 11.7. The number of para-hydroxylation sites is 1. The molecule has 2 rings (SSSR count). The summed E-state index contributed by atoms with van der Waals surface area (Å²) in [5, 5.41) is 3.90. The second-order valence-corrected chi connectivity index (χ2v) is 7.11. The minimum atomic E-state index is -3.50. The van der Waals surface area contributed by atoms with E-state index in [0.717, 1.165) is 5.56 Å². The van der Waals surface area contributed by atoms with Crippen LogP contribution < -0.4 is 4.31 Å².